The molecule has 1 nitrogen and oxygen atoms in total. The van der Waals surface area contributed by atoms with E-state index in [9.17, 15) is 13.2 Å². The fraction of sp³-hybridized carbons (Fsp3) is 0.400. The fourth-order valence-electron chi connectivity index (χ4n) is 1.51. The van der Waals surface area contributed by atoms with Gasteiger partial charge in [0.25, 0.3) is 0 Å². The Morgan fingerprint density at radius 3 is 2.29 bits per heavy atom. The van der Waals surface area contributed by atoms with Crippen molar-refractivity contribution in [3.8, 4) is 0 Å². The zero-order valence-corrected chi connectivity index (χ0v) is 7.43. The van der Waals surface area contributed by atoms with Crippen LogP contribution in [0.3, 0.4) is 0 Å². The third-order valence-electron chi connectivity index (χ3n) is 2.55. The smallest absolute Gasteiger partial charge is 0.161 e. The molecule has 1 aromatic rings. The summed E-state index contributed by atoms with van der Waals surface area (Å²) in [6.07, 6.45) is 1.22. The van der Waals surface area contributed by atoms with Crippen LogP contribution in [0.15, 0.2) is 12.1 Å². The lowest BCUT2D eigenvalue weighted by Gasteiger charge is -2.02. The molecule has 1 aliphatic rings. The predicted molar refractivity (Wildman–Crippen MR) is 46.1 cm³/mol. The molecule has 14 heavy (non-hydrogen) atoms. The van der Waals surface area contributed by atoms with E-state index in [2.05, 4.69) is 0 Å². The Morgan fingerprint density at radius 1 is 1.14 bits per heavy atom. The Labute approximate surface area is 79.7 Å². The number of hydrogen-bond donors (Lipinski definition) is 1. The molecule has 0 saturated heterocycles. The van der Waals surface area contributed by atoms with Crippen molar-refractivity contribution in [2.45, 2.75) is 18.9 Å². The van der Waals surface area contributed by atoms with E-state index in [0.29, 0.717) is 12.5 Å². The molecule has 0 aromatic heterocycles. The van der Waals surface area contributed by atoms with E-state index in [0.717, 1.165) is 12.5 Å². The first-order valence-electron chi connectivity index (χ1n) is 4.47. The van der Waals surface area contributed by atoms with Crippen molar-refractivity contribution < 1.29 is 13.2 Å². The zero-order chi connectivity index (χ0) is 10.3. The normalized spacial score (nSPS) is 25.1. The summed E-state index contributed by atoms with van der Waals surface area (Å²) >= 11 is 0. The van der Waals surface area contributed by atoms with Crippen LogP contribution in [0.4, 0.5) is 13.2 Å². The number of halogens is 3. The lowest BCUT2D eigenvalue weighted by atomic mass is 10.1. The predicted octanol–water partition coefficient (Wildman–Crippen LogP) is 1.99. The quantitative estimate of drug-likeness (QED) is 0.727. The summed E-state index contributed by atoms with van der Waals surface area (Å²) in [5.41, 5.74) is 5.75. The number of benzene rings is 1. The lowest BCUT2D eigenvalue weighted by molar-refractivity contribution is 0.488. The van der Waals surface area contributed by atoms with Crippen molar-refractivity contribution >= 4 is 0 Å². The van der Waals surface area contributed by atoms with Crippen LogP contribution in [0, 0.1) is 23.4 Å². The van der Waals surface area contributed by atoms with Crippen LogP contribution in [0.1, 0.15) is 12.0 Å². The standard InChI is InChI=1S/C10H10F3N/c11-7-4-9(13)8(12)2-5(7)1-6-3-10(6)14/h2,4,6,10H,1,3,14H2/t6-,10-/m1/s1. The van der Waals surface area contributed by atoms with Crippen molar-refractivity contribution in [3.05, 3.63) is 35.1 Å². The first kappa shape index (κ1) is 9.52. The summed E-state index contributed by atoms with van der Waals surface area (Å²) < 4.78 is 38.4. The van der Waals surface area contributed by atoms with Gasteiger partial charge in [0.15, 0.2) is 11.6 Å². The van der Waals surface area contributed by atoms with Gasteiger partial charge < -0.3 is 5.73 Å². The summed E-state index contributed by atoms with van der Waals surface area (Å²) in [7, 11) is 0. The van der Waals surface area contributed by atoms with Gasteiger partial charge in [-0.25, -0.2) is 13.2 Å². The molecule has 0 spiro atoms. The minimum Gasteiger partial charge on any atom is -0.327 e. The van der Waals surface area contributed by atoms with E-state index >= 15 is 0 Å². The molecule has 0 aliphatic heterocycles. The van der Waals surface area contributed by atoms with Crippen LogP contribution in [-0.4, -0.2) is 6.04 Å². The minimum atomic E-state index is -1.15. The van der Waals surface area contributed by atoms with E-state index in [-0.39, 0.29) is 17.5 Å². The highest BCUT2D eigenvalue weighted by atomic mass is 19.2. The maximum atomic E-state index is 13.1. The van der Waals surface area contributed by atoms with Crippen LogP contribution >= 0.6 is 0 Å². The maximum absolute atomic E-state index is 13.1. The van der Waals surface area contributed by atoms with Crippen LogP contribution in [0.25, 0.3) is 0 Å². The second-order valence-corrected chi connectivity index (χ2v) is 3.72. The van der Waals surface area contributed by atoms with Crippen LogP contribution in [0.5, 0.6) is 0 Å². The molecular formula is C10H10F3N. The van der Waals surface area contributed by atoms with Crippen molar-refractivity contribution in [1.29, 1.82) is 0 Å². The molecule has 1 aromatic carbocycles. The minimum absolute atomic E-state index is 0.0857. The molecule has 2 atom stereocenters. The topological polar surface area (TPSA) is 26.0 Å². The van der Waals surface area contributed by atoms with E-state index < -0.39 is 17.5 Å². The van der Waals surface area contributed by atoms with Gasteiger partial charge in [-0.2, -0.15) is 0 Å². The van der Waals surface area contributed by atoms with Crippen molar-refractivity contribution in [1.82, 2.24) is 0 Å². The zero-order valence-electron chi connectivity index (χ0n) is 7.43. The monoisotopic (exact) mass is 201 g/mol. The molecule has 2 N–H and O–H groups in total. The molecule has 0 unspecified atom stereocenters. The Morgan fingerprint density at radius 2 is 1.71 bits per heavy atom. The Bertz CT molecular complexity index is 365. The largest absolute Gasteiger partial charge is 0.327 e. The summed E-state index contributed by atoms with van der Waals surface area (Å²) in [6, 6.07) is 1.58. The van der Waals surface area contributed by atoms with Crippen LogP contribution in [-0.2, 0) is 6.42 Å². The van der Waals surface area contributed by atoms with Gasteiger partial charge in [-0.05, 0) is 30.4 Å². The number of rotatable bonds is 2. The van der Waals surface area contributed by atoms with E-state index in [1.807, 2.05) is 0 Å². The van der Waals surface area contributed by atoms with E-state index in [4.69, 9.17) is 5.73 Å². The van der Waals surface area contributed by atoms with E-state index in [1.54, 1.807) is 0 Å². The first-order chi connectivity index (χ1) is 6.58. The third kappa shape index (κ3) is 1.75. The Hall–Kier alpha value is -1.03. The highest BCUT2D eigenvalue weighted by Gasteiger charge is 2.34. The number of hydrogen-bond acceptors (Lipinski definition) is 1. The maximum Gasteiger partial charge on any atom is 0.161 e. The molecular weight excluding hydrogens is 191 g/mol. The fourth-order valence-corrected chi connectivity index (χ4v) is 1.51. The molecule has 1 saturated carbocycles. The molecule has 0 radical (unpaired) electrons. The first-order valence-corrected chi connectivity index (χ1v) is 4.47. The Kier molecular flexibility index (Phi) is 2.23. The van der Waals surface area contributed by atoms with Crippen molar-refractivity contribution in [3.63, 3.8) is 0 Å². The lowest BCUT2D eigenvalue weighted by Crippen LogP contribution is -2.05. The molecule has 0 amide bonds. The SMILES string of the molecule is N[C@@H]1C[C@H]1Cc1cc(F)c(F)cc1F. The molecule has 76 valence electrons. The molecule has 4 heteroatoms. The van der Waals surface area contributed by atoms with Crippen molar-refractivity contribution in [2.24, 2.45) is 11.7 Å². The summed E-state index contributed by atoms with van der Waals surface area (Å²) in [6.45, 7) is 0. The average Bonchev–Trinajstić information content (AvgIpc) is 2.78. The van der Waals surface area contributed by atoms with Gasteiger partial charge in [0, 0.05) is 12.1 Å². The second-order valence-electron chi connectivity index (χ2n) is 3.72. The third-order valence-corrected chi connectivity index (χ3v) is 2.55. The van der Waals surface area contributed by atoms with Gasteiger partial charge in [0.1, 0.15) is 5.82 Å². The van der Waals surface area contributed by atoms with Gasteiger partial charge >= 0.3 is 0 Å². The highest BCUT2D eigenvalue weighted by Crippen LogP contribution is 2.32. The van der Waals surface area contributed by atoms with Gasteiger partial charge in [0.05, 0.1) is 0 Å². The van der Waals surface area contributed by atoms with Crippen LogP contribution in [0.2, 0.25) is 0 Å². The summed E-state index contributed by atoms with van der Waals surface area (Å²) in [5, 5.41) is 0. The number of nitrogens with two attached hydrogens (primary N) is 1. The van der Waals surface area contributed by atoms with Crippen molar-refractivity contribution in [2.75, 3.05) is 0 Å². The van der Waals surface area contributed by atoms with Gasteiger partial charge in [-0.1, -0.05) is 0 Å². The van der Waals surface area contributed by atoms with E-state index in [1.165, 1.54) is 0 Å². The molecule has 2 rings (SSSR count). The van der Waals surface area contributed by atoms with Gasteiger partial charge in [0.2, 0.25) is 0 Å². The molecule has 1 fully saturated rings. The summed E-state index contributed by atoms with van der Waals surface area (Å²) in [4.78, 5) is 0. The Balaban J connectivity index is 2.20. The van der Waals surface area contributed by atoms with Gasteiger partial charge in [-0.15, -0.1) is 0 Å². The second kappa shape index (κ2) is 3.28. The molecule has 0 heterocycles. The van der Waals surface area contributed by atoms with Gasteiger partial charge in [-0.3, -0.25) is 0 Å². The average molecular weight is 201 g/mol. The highest BCUT2D eigenvalue weighted by molar-refractivity contribution is 5.22. The molecule has 1 aliphatic carbocycles. The van der Waals surface area contributed by atoms with Crippen LogP contribution < -0.4 is 5.73 Å². The summed E-state index contributed by atoms with van der Waals surface area (Å²) in [5.74, 6) is -2.63. The molecule has 0 bridgehead atoms.